The molecule has 2 aliphatic rings. The first-order valence-electron chi connectivity index (χ1n) is 31.7. The molecular formula is C62H87ClN22O10. The lowest BCUT2D eigenvalue weighted by Crippen LogP contribution is -2.47. The number of carbonyl (C=O) groups is 4. The number of nitrogens with zero attached hydrogens (tertiary/aromatic N) is 18. The number of hydrogen-bond acceptors (Lipinski definition) is 24. The van der Waals surface area contributed by atoms with E-state index in [2.05, 4.69) is 86.3 Å². The van der Waals surface area contributed by atoms with Crippen LogP contribution < -0.4 is 31.2 Å². The van der Waals surface area contributed by atoms with E-state index in [-0.39, 0.29) is 30.3 Å². The Labute approximate surface area is 555 Å². The molecule has 33 heteroatoms. The summed E-state index contributed by atoms with van der Waals surface area (Å²) in [4.78, 5) is 71.2. The number of benzene rings is 2. The molecular weight excluding hydrogens is 1250 g/mol. The van der Waals surface area contributed by atoms with Crippen molar-refractivity contribution < 1.29 is 48.3 Å². The predicted octanol–water partition coefficient (Wildman–Crippen LogP) is 6.03. The van der Waals surface area contributed by atoms with Gasteiger partial charge in [0, 0.05) is 104 Å². The molecule has 0 unspecified atom stereocenters. The van der Waals surface area contributed by atoms with Crippen LogP contribution in [0.2, 0.25) is 5.28 Å². The topological polar surface area (TPSA) is 369 Å². The van der Waals surface area contributed by atoms with E-state index < -0.39 is 23.1 Å². The van der Waals surface area contributed by atoms with E-state index >= 15 is 0 Å². The summed E-state index contributed by atoms with van der Waals surface area (Å²) in [5.74, 6) is 0.0185. The quantitative estimate of drug-likeness (QED) is 0.0241. The third-order valence-electron chi connectivity index (χ3n) is 14.5. The minimum atomic E-state index is -0.840. The Kier molecular flexibility index (Phi) is 26.5. The number of nitrogens with one attached hydrogen (secondary N) is 3. The molecule has 2 aliphatic heterocycles. The van der Waals surface area contributed by atoms with Crippen molar-refractivity contribution in [1.82, 2.24) is 99.7 Å². The largest absolute Gasteiger partial charge is 0.494 e. The van der Waals surface area contributed by atoms with E-state index in [1.54, 1.807) is 64.4 Å². The van der Waals surface area contributed by atoms with Crippen molar-refractivity contribution in [3.63, 3.8) is 0 Å². The van der Waals surface area contributed by atoms with Gasteiger partial charge in [-0.1, -0.05) is 10.4 Å². The lowest BCUT2D eigenvalue weighted by atomic mass is 10.2. The molecule has 10 rings (SSSR count). The first-order valence-corrected chi connectivity index (χ1v) is 32.1. The van der Waals surface area contributed by atoms with Crippen molar-refractivity contribution in [2.24, 2.45) is 0 Å². The Morgan fingerprint density at radius 1 is 0.547 bits per heavy atom. The van der Waals surface area contributed by atoms with E-state index in [0.29, 0.717) is 84.6 Å². The Balaban J connectivity index is 0.000000202. The van der Waals surface area contributed by atoms with Crippen LogP contribution in [-0.2, 0) is 32.2 Å². The van der Waals surface area contributed by atoms with Crippen LogP contribution in [0.1, 0.15) is 80.1 Å². The van der Waals surface area contributed by atoms with Gasteiger partial charge in [-0.25, -0.2) is 19.6 Å². The number of anilines is 3. The monoisotopic (exact) mass is 1330 g/mol. The van der Waals surface area contributed by atoms with E-state index in [4.69, 9.17) is 46.5 Å². The smallest absolute Gasteiger partial charge is 0.407 e. The second-order valence-electron chi connectivity index (χ2n) is 24.5. The third kappa shape index (κ3) is 24.8. The average Bonchev–Trinajstić information content (AvgIpc) is 1.71. The summed E-state index contributed by atoms with van der Waals surface area (Å²) in [6.07, 6.45) is 12.5. The minimum absolute atomic E-state index is 0.0682. The van der Waals surface area contributed by atoms with Gasteiger partial charge in [-0.15, -0.1) is 10.2 Å². The van der Waals surface area contributed by atoms with Crippen LogP contribution in [-0.4, -0.2) is 239 Å². The standard InChI is InChI=1S/C31H43N11O5.C17H32N6O2.C14H12ClN5O3/c1-31(2,3)47-30(45)32-11-5-12-39-13-15-40(16-14-39)17-18-41-22-23(20-34-41)35-29-33-21-26-28(36-29)42(38-37-26)24-7-9-25(10-8-24)46-19-4-6-27(43)44;1-17(2,3)25-16(24)19-5-4-6-21-7-9-22(10-8-21)11-12-23-14-15(18)13-20-23;15-14-16-8-11-13(17-14)20(19-18-11)9-3-5-10(6-4-9)23-7-1-2-12(21)22/h7-10,20-22H,4-6,11-19H2,1-3H3,(H,32,45)(H,43,44)(H,33,35,36);13-14H,4-12,18H2,1-3H3,(H,19,24);3-6,8H,1-2,7H2,(H,21,22). The van der Waals surface area contributed by atoms with Crippen LogP contribution in [0.25, 0.3) is 33.7 Å². The highest BCUT2D eigenvalue weighted by atomic mass is 35.5. The summed E-state index contributed by atoms with van der Waals surface area (Å²) in [5.41, 5.74) is 9.89. The second kappa shape index (κ2) is 35.2. The number of ether oxygens (including phenoxy) is 4. The number of aliphatic carboxylic acids is 2. The van der Waals surface area contributed by atoms with Crippen molar-refractivity contribution in [2.45, 2.75) is 104 Å². The predicted molar refractivity (Wildman–Crippen MR) is 354 cm³/mol. The Bertz CT molecular complexity index is 3680. The number of nitrogen functional groups attached to an aromatic ring is 1. The molecule has 0 spiro atoms. The number of carbonyl (C=O) groups excluding carboxylic acids is 2. The van der Waals surface area contributed by atoms with Gasteiger partial charge in [-0.3, -0.25) is 28.8 Å². The first-order chi connectivity index (χ1) is 45.6. The molecule has 2 aromatic carbocycles. The number of rotatable bonds is 28. The first kappa shape index (κ1) is 71.5. The number of aromatic nitrogens is 14. The van der Waals surface area contributed by atoms with Gasteiger partial charge in [-0.05, 0) is 140 Å². The highest BCUT2D eigenvalue weighted by Crippen LogP contribution is 2.22. The highest BCUT2D eigenvalue weighted by Gasteiger charge is 2.21. The molecule has 2 saturated heterocycles. The molecule has 512 valence electrons. The SMILES string of the molecule is CC(C)(C)OC(=O)NCCCN1CCN(CCn2cc(N)cn2)CC1.CC(C)(C)OC(=O)NCCCN1CCN(CCn2cc(Nc3ncc4nnn(-c5ccc(OCCCC(=O)O)cc5)c4n3)cn2)CC1.O=C(O)CCCOc1ccc(-n2nnc3cnc(Cl)nc32)cc1. The van der Waals surface area contributed by atoms with E-state index in [1.807, 2.05) is 75.4 Å². The summed E-state index contributed by atoms with van der Waals surface area (Å²) in [6.45, 7) is 26.8. The zero-order valence-electron chi connectivity index (χ0n) is 54.7. The number of alkyl carbamates (subject to hydrolysis) is 2. The van der Waals surface area contributed by atoms with Crippen LogP contribution in [0.15, 0.2) is 85.7 Å². The Morgan fingerprint density at radius 3 is 1.42 bits per heavy atom. The molecule has 0 aliphatic carbocycles. The number of carboxylic acid groups (broad SMARTS) is 2. The highest BCUT2D eigenvalue weighted by molar-refractivity contribution is 6.28. The summed E-state index contributed by atoms with van der Waals surface area (Å²) in [5, 5.41) is 51.5. The van der Waals surface area contributed by atoms with Gasteiger partial charge in [0.05, 0.1) is 73.8 Å². The lowest BCUT2D eigenvalue weighted by molar-refractivity contribution is -0.138. The third-order valence-corrected chi connectivity index (χ3v) is 14.7. The fraction of sp³-hybridized carbons (Fsp3) is 0.516. The van der Waals surface area contributed by atoms with Crippen LogP contribution in [0, 0.1) is 0 Å². The number of fused-ring (bicyclic) bond motifs is 2. The number of piperazine rings is 2. The van der Waals surface area contributed by atoms with Crippen molar-refractivity contribution in [1.29, 1.82) is 0 Å². The molecule has 7 N–H and O–H groups in total. The summed E-state index contributed by atoms with van der Waals surface area (Å²) >= 11 is 5.80. The summed E-state index contributed by atoms with van der Waals surface area (Å²) in [7, 11) is 0. The lowest BCUT2D eigenvalue weighted by Gasteiger charge is -2.34. The Hall–Kier alpha value is -9.37. The average molecular weight is 1340 g/mol. The molecule has 2 amide bonds. The minimum Gasteiger partial charge on any atom is -0.494 e. The second-order valence-corrected chi connectivity index (χ2v) is 24.9. The zero-order chi connectivity index (χ0) is 67.7. The number of hydrogen-bond donors (Lipinski definition) is 6. The van der Waals surface area contributed by atoms with E-state index in [0.717, 1.165) is 122 Å². The molecule has 0 saturated carbocycles. The van der Waals surface area contributed by atoms with Crippen molar-refractivity contribution >= 4 is 75.4 Å². The van der Waals surface area contributed by atoms with Crippen LogP contribution in [0.5, 0.6) is 11.5 Å². The molecule has 2 fully saturated rings. The van der Waals surface area contributed by atoms with Crippen molar-refractivity contribution in [2.75, 3.05) is 116 Å². The molecule has 8 heterocycles. The number of nitrogens with two attached hydrogens (primary N) is 1. The van der Waals surface area contributed by atoms with Crippen LogP contribution >= 0.6 is 11.6 Å². The van der Waals surface area contributed by atoms with E-state index in [9.17, 15) is 19.2 Å². The zero-order valence-corrected chi connectivity index (χ0v) is 55.5. The van der Waals surface area contributed by atoms with Gasteiger partial charge < -0.3 is 60.6 Å². The number of amides is 2. The van der Waals surface area contributed by atoms with Gasteiger partial charge in [0.25, 0.3) is 0 Å². The van der Waals surface area contributed by atoms with Gasteiger partial charge in [0.15, 0.2) is 22.3 Å². The van der Waals surface area contributed by atoms with Gasteiger partial charge in [0.1, 0.15) is 22.7 Å². The van der Waals surface area contributed by atoms with Crippen molar-refractivity contribution in [3.05, 3.63) is 91.0 Å². The maximum absolute atomic E-state index is 11.8. The molecule has 32 nitrogen and oxygen atoms in total. The normalized spacial score (nSPS) is 14.1. The van der Waals surface area contributed by atoms with Crippen molar-refractivity contribution in [3.8, 4) is 22.9 Å². The molecule has 0 bridgehead atoms. The Morgan fingerprint density at radius 2 is 0.979 bits per heavy atom. The maximum Gasteiger partial charge on any atom is 0.407 e. The molecule has 0 atom stereocenters. The summed E-state index contributed by atoms with van der Waals surface area (Å²) in [6, 6.07) is 14.4. The summed E-state index contributed by atoms with van der Waals surface area (Å²) < 4.78 is 28.6. The molecule has 95 heavy (non-hydrogen) atoms. The van der Waals surface area contributed by atoms with Gasteiger partial charge in [0.2, 0.25) is 11.2 Å². The fourth-order valence-corrected chi connectivity index (χ4v) is 9.92. The fourth-order valence-electron chi connectivity index (χ4n) is 9.79. The molecule has 0 radical (unpaired) electrons. The molecule has 8 aromatic rings. The maximum atomic E-state index is 11.8. The van der Waals surface area contributed by atoms with Crippen LogP contribution in [0.4, 0.5) is 26.9 Å². The van der Waals surface area contributed by atoms with Gasteiger partial charge in [-0.2, -0.15) is 29.5 Å². The molecule has 6 aromatic heterocycles. The van der Waals surface area contributed by atoms with Crippen LogP contribution in [0.3, 0.4) is 0 Å². The number of carboxylic acids is 2. The van der Waals surface area contributed by atoms with E-state index in [1.165, 1.54) is 6.20 Å². The van der Waals surface area contributed by atoms with Gasteiger partial charge >= 0.3 is 24.1 Å². The number of halogens is 1.